The molecular weight excluding hydrogens is 189 g/mol. The molecule has 2 rings (SSSR count). The molecule has 1 aromatic heterocycles. The number of pyridine rings is 1. The molecule has 0 spiro atoms. The predicted octanol–water partition coefficient (Wildman–Crippen LogP) is 3.34. The molecule has 1 nitrogen and oxygen atoms in total. The Labute approximate surface area is 80.2 Å². The molecule has 0 atom stereocenters. The van der Waals surface area contributed by atoms with Crippen molar-refractivity contribution in [1.82, 2.24) is 4.98 Å². The van der Waals surface area contributed by atoms with Crippen LogP contribution in [0.5, 0.6) is 0 Å². The molecule has 0 fully saturated rings. The number of fused-ring (bicyclic) bond motifs is 1. The maximum Gasteiger partial charge on any atom is 0.145 e. The van der Waals surface area contributed by atoms with Gasteiger partial charge in [0.05, 0.1) is 11.7 Å². The van der Waals surface area contributed by atoms with Crippen LogP contribution < -0.4 is 0 Å². The van der Waals surface area contributed by atoms with Gasteiger partial charge in [0.15, 0.2) is 0 Å². The van der Waals surface area contributed by atoms with E-state index in [1.807, 2.05) is 0 Å². The Hall–Kier alpha value is -1.15. The van der Waals surface area contributed by atoms with Crippen LogP contribution in [0.2, 0.25) is 5.02 Å². The molecule has 1 heterocycles. The Morgan fingerprint density at radius 1 is 1.38 bits per heavy atom. The fraction of sp³-hybridized carbons (Fsp3) is 0.100. The van der Waals surface area contributed by atoms with Gasteiger partial charge in [-0.15, -0.1) is 0 Å². The average Bonchev–Trinajstić information content (AvgIpc) is 2.12. The molecule has 66 valence electrons. The maximum absolute atomic E-state index is 13.1. The lowest BCUT2D eigenvalue weighted by atomic mass is 10.1. The number of aryl methyl sites for hydroxylation is 1. The summed E-state index contributed by atoms with van der Waals surface area (Å²) in [6.07, 6.45) is 1.23. The summed E-state index contributed by atoms with van der Waals surface area (Å²) in [7, 11) is 0. The van der Waals surface area contributed by atoms with Gasteiger partial charge in [-0.2, -0.15) is 0 Å². The van der Waals surface area contributed by atoms with Gasteiger partial charge in [-0.25, -0.2) is 4.39 Å². The molecule has 2 aromatic rings. The van der Waals surface area contributed by atoms with Gasteiger partial charge in [0.1, 0.15) is 5.82 Å². The van der Waals surface area contributed by atoms with Gasteiger partial charge in [0, 0.05) is 10.4 Å². The van der Waals surface area contributed by atoms with Crippen molar-refractivity contribution < 1.29 is 4.39 Å². The summed E-state index contributed by atoms with van der Waals surface area (Å²) in [5.74, 6) is -0.297. The van der Waals surface area contributed by atoms with Gasteiger partial charge < -0.3 is 0 Å². The highest BCUT2D eigenvalue weighted by Gasteiger charge is 2.03. The SMILES string of the molecule is Cc1c(F)cnc2ccc(Cl)cc12. The third-order valence-corrected chi connectivity index (χ3v) is 2.27. The molecule has 3 heteroatoms. The van der Waals surface area contributed by atoms with Crippen molar-refractivity contribution in [2.45, 2.75) is 6.92 Å². The monoisotopic (exact) mass is 195 g/mol. The molecule has 0 unspecified atom stereocenters. The highest BCUT2D eigenvalue weighted by molar-refractivity contribution is 6.31. The van der Waals surface area contributed by atoms with E-state index in [-0.39, 0.29) is 5.82 Å². The van der Waals surface area contributed by atoms with Crippen molar-refractivity contribution in [3.05, 3.63) is 40.8 Å². The molecule has 0 bridgehead atoms. The smallest absolute Gasteiger partial charge is 0.145 e. The number of rotatable bonds is 0. The maximum atomic E-state index is 13.1. The average molecular weight is 196 g/mol. The molecule has 0 radical (unpaired) electrons. The first kappa shape index (κ1) is 8.45. The van der Waals surface area contributed by atoms with E-state index in [0.29, 0.717) is 10.6 Å². The van der Waals surface area contributed by atoms with Gasteiger partial charge in [-0.3, -0.25) is 4.98 Å². The van der Waals surface area contributed by atoms with E-state index < -0.39 is 0 Å². The summed E-state index contributed by atoms with van der Waals surface area (Å²) in [5, 5.41) is 1.37. The van der Waals surface area contributed by atoms with Gasteiger partial charge in [-0.1, -0.05) is 11.6 Å². The number of hydrogen-bond donors (Lipinski definition) is 0. The first-order valence-corrected chi connectivity index (χ1v) is 4.26. The van der Waals surface area contributed by atoms with Crippen molar-refractivity contribution in [3.8, 4) is 0 Å². The molecule has 0 saturated carbocycles. The second kappa shape index (κ2) is 2.96. The summed E-state index contributed by atoms with van der Waals surface area (Å²) in [4.78, 5) is 3.95. The second-order valence-electron chi connectivity index (χ2n) is 2.89. The summed E-state index contributed by atoms with van der Waals surface area (Å²) < 4.78 is 13.1. The zero-order chi connectivity index (χ0) is 9.42. The van der Waals surface area contributed by atoms with Crippen molar-refractivity contribution >= 4 is 22.5 Å². The van der Waals surface area contributed by atoms with Crippen LogP contribution in [0, 0.1) is 12.7 Å². The molecule has 13 heavy (non-hydrogen) atoms. The van der Waals surface area contributed by atoms with Crippen LogP contribution in [0.15, 0.2) is 24.4 Å². The first-order valence-electron chi connectivity index (χ1n) is 3.89. The summed E-state index contributed by atoms with van der Waals surface area (Å²) in [5.41, 5.74) is 1.36. The Kier molecular flexibility index (Phi) is 1.93. The van der Waals surface area contributed by atoms with Gasteiger partial charge in [0.2, 0.25) is 0 Å². The number of nitrogens with zero attached hydrogens (tertiary/aromatic N) is 1. The minimum atomic E-state index is -0.297. The van der Waals surface area contributed by atoms with Gasteiger partial charge >= 0.3 is 0 Å². The van der Waals surface area contributed by atoms with Crippen LogP contribution in [-0.4, -0.2) is 4.98 Å². The third-order valence-electron chi connectivity index (χ3n) is 2.04. The number of halogens is 2. The lowest BCUT2D eigenvalue weighted by molar-refractivity contribution is 0.615. The van der Waals surface area contributed by atoms with E-state index in [1.165, 1.54) is 6.20 Å². The highest BCUT2D eigenvalue weighted by atomic mass is 35.5. The lowest BCUT2D eigenvalue weighted by Gasteiger charge is -2.02. The quantitative estimate of drug-likeness (QED) is 0.628. The van der Waals surface area contributed by atoms with Crippen LogP contribution >= 0.6 is 11.6 Å². The number of benzene rings is 1. The van der Waals surface area contributed by atoms with E-state index in [9.17, 15) is 4.39 Å². The standard InChI is InChI=1S/C10H7ClFN/c1-6-8-4-7(11)2-3-10(8)13-5-9(6)12/h2-5H,1H3. The van der Waals surface area contributed by atoms with Crippen molar-refractivity contribution in [3.63, 3.8) is 0 Å². The summed E-state index contributed by atoms with van der Waals surface area (Å²) in [6, 6.07) is 5.25. The topological polar surface area (TPSA) is 12.9 Å². The van der Waals surface area contributed by atoms with Crippen molar-refractivity contribution in [2.75, 3.05) is 0 Å². The molecule has 0 aliphatic rings. The summed E-state index contributed by atoms with van der Waals surface area (Å²) in [6.45, 7) is 1.72. The fourth-order valence-corrected chi connectivity index (χ4v) is 1.44. The first-order chi connectivity index (χ1) is 6.18. The van der Waals surface area contributed by atoms with Gasteiger partial charge in [-0.05, 0) is 30.7 Å². The van der Waals surface area contributed by atoms with Crippen LogP contribution in [0.4, 0.5) is 4.39 Å². The van der Waals surface area contributed by atoms with E-state index in [0.717, 1.165) is 10.9 Å². The normalized spacial score (nSPS) is 10.7. The molecular formula is C10H7ClFN. The Morgan fingerprint density at radius 2 is 2.15 bits per heavy atom. The second-order valence-corrected chi connectivity index (χ2v) is 3.33. The minimum Gasteiger partial charge on any atom is -0.253 e. The van der Waals surface area contributed by atoms with Crippen molar-refractivity contribution in [2.24, 2.45) is 0 Å². The Bertz CT molecular complexity index is 462. The molecule has 1 aromatic carbocycles. The molecule has 0 aliphatic carbocycles. The van der Waals surface area contributed by atoms with Gasteiger partial charge in [0.25, 0.3) is 0 Å². The highest BCUT2D eigenvalue weighted by Crippen LogP contribution is 2.22. The zero-order valence-electron chi connectivity index (χ0n) is 7.01. The molecule has 0 amide bonds. The van der Waals surface area contributed by atoms with Crippen LogP contribution in [-0.2, 0) is 0 Å². The third kappa shape index (κ3) is 1.38. The summed E-state index contributed by atoms with van der Waals surface area (Å²) >= 11 is 5.79. The lowest BCUT2D eigenvalue weighted by Crippen LogP contribution is -1.87. The van der Waals surface area contributed by atoms with E-state index in [1.54, 1.807) is 25.1 Å². The zero-order valence-corrected chi connectivity index (χ0v) is 7.77. The van der Waals surface area contributed by atoms with E-state index in [2.05, 4.69) is 4.98 Å². The molecule has 0 saturated heterocycles. The molecule has 0 aliphatic heterocycles. The van der Waals surface area contributed by atoms with E-state index >= 15 is 0 Å². The minimum absolute atomic E-state index is 0.297. The predicted molar refractivity (Wildman–Crippen MR) is 51.4 cm³/mol. The van der Waals surface area contributed by atoms with Crippen LogP contribution in [0.3, 0.4) is 0 Å². The molecule has 0 N–H and O–H groups in total. The number of aromatic nitrogens is 1. The van der Waals surface area contributed by atoms with Crippen molar-refractivity contribution in [1.29, 1.82) is 0 Å². The number of hydrogen-bond acceptors (Lipinski definition) is 1. The largest absolute Gasteiger partial charge is 0.253 e. The fourth-order valence-electron chi connectivity index (χ4n) is 1.27. The Balaban J connectivity index is 2.89. The van der Waals surface area contributed by atoms with E-state index in [4.69, 9.17) is 11.6 Å². The van der Waals surface area contributed by atoms with Crippen LogP contribution in [0.25, 0.3) is 10.9 Å². The Morgan fingerprint density at radius 3 is 2.92 bits per heavy atom. The van der Waals surface area contributed by atoms with Crippen LogP contribution in [0.1, 0.15) is 5.56 Å².